The fourth-order valence-corrected chi connectivity index (χ4v) is 2.82. The van der Waals surface area contributed by atoms with Gasteiger partial charge in [0.2, 0.25) is 5.88 Å². The third-order valence-electron chi connectivity index (χ3n) is 3.86. The minimum absolute atomic E-state index is 0.0675. The van der Waals surface area contributed by atoms with Gasteiger partial charge in [0.1, 0.15) is 5.02 Å². The summed E-state index contributed by atoms with van der Waals surface area (Å²) < 4.78 is 47.0. The van der Waals surface area contributed by atoms with Gasteiger partial charge in [-0.15, -0.1) is 10.2 Å². The van der Waals surface area contributed by atoms with E-state index >= 15 is 0 Å². The molecule has 0 unspecified atom stereocenters. The van der Waals surface area contributed by atoms with Crippen molar-refractivity contribution in [2.45, 2.75) is 19.2 Å². The number of nitrogens with zero attached hydrogens (tertiary/aromatic N) is 4. The van der Waals surface area contributed by atoms with E-state index in [1.165, 1.54) is 35.0 Å². The third-order valence-corrected chi connectivity index (χ3v) is 4.13. The highest BCUT2D eigenvalue weighted by molar-refractivity contribution is 6.32. The summed E-state index contributed by atoms with van der Waals surface area (Å²) in [6, 6.07) is 6.67. The first-order valence-electron chi connectivity index (χ1n) is 7.82. The lowest BCUT2D eigenvalue weighted by Crippen LogP contribution is -2.12. The van der Waals surface area contributed by atoms with Gasteiger partial charge in [0.15, 0.2) is 17.8 Å². The fourth-order valence-electron chi connectivity index (χ4n) is 2.60. The first kappa shape index (κ1) is 19.0. The molecule has 0 bridgehead atoms. The van der Waals surface area contributed by atoms with Crippen molar-refractivity contribution < 1.29 is 17.9 Å². The number of aromatic nitrogens is 4. The van der Waals surface area contributed by atoms with Crippen LogP contribution in [0.3, 0.4) is 0 Å². The van der Waals surface area contributed by atoms with Gasteiger partial charge in [0.05, 0.1) is 17.4 Å². The Hall–Kier alpha value is -2.81. The zero-order valence-electron chi connectivity index (χ0n) is 14.3. The van der Waals surface area contributed by atoms with Gasteiger partial charge in [-0.2, -0.15) is 13.2 Å². The van der Waals surface area contributed by atoms with E-state index < -0.39 is 17.8 Å². The van der Waals surface area contributed by atoms with Gasteiger partial charge < -0.3 is 15.0 Å². The van der Waals surface area contributed by atoms with E-state index in [9.17, 15) is 13.2 Å². The highest BCUT2D eigenvalue weighted by atomic mass is 35.5. The lowest BCUT2D eigenvalue weighted by molar-refractivity contribution is -0.137. The van der Waals surface area contributed by atoms with Crippen LogP contribution < -0.4 is 10.5 Å². The highest BCUT2D eigenvalue weighted by Crippen LogP contribution is 2.37. The number of alkyl halides is 3. The number of halogens is 4. The number of anilines is 1. The molecule has 3 rings (SSSR count). The average Bonchev–Trinajstić information content (AvgIpc) is 2.98. The van der Waals surface area contributed by atoms with Crippen LogP contribution >= 0.6 is 11.6 Å². The first-order valence-corrected chi connectivity index (χ1v) is 8.20. The second-order valence-corrected chi connectivity index (χ2v) is 6.21. The molecule has 6 nitrogen and oxygen atoms in total. The second kappa shape index (κ2) is 7.07. The van der Waals surface area contributed by atoms with E-state index in [1.807, 2.05) is 0 Å². The summed E-state index contributed by atoms with van der Waals surface area (Å²) in [6.07, 6.45) is -3.79. The molecular formula is C17H15ClF3N5O. The summed E-state index contributed by atoms with van der Waals surface area (Å²) >= 11 is 6.04. The molecule has 0 saturated carbocycles. The molecule has 142 valence electrons. The summed E-state index contributed by atoms with van der Waals surface area (Å²) in [5.74, 6) is 0.528. The zero-order valence-corrected chi connectivity index (χ0v) is 15.1. The van der Waals surface area contributed by atoms with Crippen LogP contribution in [0.2, 0.25) is 5.02 Å². The van der Waals surface area contributed by atoms with Crippen molar-refractivity contribution in [3.05, 3.63) is 52.9 Å². The molecule has 0 fully saturated rings. The topological polar surface area (TPSA) is 78.8 Å². The smallest absolute Gasteiger partial charge is 0.417 e. The molecule has 0 saturated heterocycles. The number of hydrogen-bond acceptors (Lipinski definition) is 5. The number of nitrogen functional groups attached to an aromatic ring is 1. The maximum Gasteiger partial charge on any atom is 0.417 e. The molecule has 0 aliphatic heterocycles. The maximum absolute atomic E-state index is 13.3. The minimum atomic E-state index is -4.51. The predicted molar refractivity (Wildman–Crippen MR) is 94.1 cm³/mol. The zero-order chi connectivity index (χ0) is 19.8. The molecule has 0 aliphatic rings. The van der Waals surface area contributed by atoms with Crippen LogP contribution in [0.5, 0.6) is 5.88 Å². The van der Waals surface area contributed by atoms with Gasteiger partial charge in [0.25, 0.3) is 0 Å². The molecule has 0 amide bonds. The van der Waals surface area contributed by atoms with E-state index in [0.29, 0.717) is 11.5 Å². The standard InChI is InChI=1S/C17H15ClF3N5O/c1-9(27-16-13(18)7-10(22)8-23-16)14-24-25-15(26(14)2)11-5-3-4-6-12(11)17(19,20)21/h3-9H,22H2,1-2H3/t9-/m0/s1. The largest absolute Gasteiger partial charge is 0.465 e. The Bertz CT molecular complexity index is 973. The summed E-state index contributed by atoms with van der Waals surface area (Å²) in [5, 5.41) is 8.12. The molecule has 2 aromatic heterocycles. The van der Waals surface area contributed by atoms with E-state index in [0.717, 1.165) is 6.07 Å². The Morgan fingerprint density at radius 2 is 1.93 bits per heavy atom. The van der Waals surface area contributed by atoms with Crippen molar-refractivity contribution in [2.24, 2.45) is 7.05 Å². The molecule has 27 heavy (non-hydrogen) atoms. The molecule has 0 aliphatic carbocycles. The Kier molecular flexibility index (Phi) is 4.97. The van der Waals surface area contributed by atoms with Crippen molar-refractivity contribution in [2.75, 3.05) is 5.73 Å². The summed E-state index contributed by atoms with van der Waals surface area (Å²) in [5.41, 5.74) is 5.11. The van der Waals surface area contributed by atoms with Crippen molar-refractivity contribution in [1.29, 1.82) is 0 Å². The van der Waals surface area contributed by atoms with Crippen LogP contribution in [0.15, 0.2) is 36.5 Å². The van der Waals surface area contributed by atoms with Gasteiger partial charge in [0, 0.05) is 12.6 Å². The van der Waals surface area contributed by atoms with E-state index in [4.69, 9.17) is 22.1 Å². The van der Waals surface area contributed by atoms with Gasteiger partial charge >= 0.3 is 6.18 Å². The number of rotatable bonds is 4. The van der Waals surface area contributed by atoms with Crippen molar-refractivity contribution >= 4 is 17.3 Å². The van der Waals surface area contributed by atoms with Crippen molar-refractivity contribution in [1.82, 2.24) is 19.7 Å². The number of pyridine rings is 1. The third kappa shape index (κ3) is 3.82. The average molecular weight is 398 g/mol. The normalized spacial score (nSPS) is 12.8. The highest BCUT2D eigenvalue weighted by Gasteiger charge is 2.35. The molecule has 2 heterocycles. The number of hydrogen-bond donors (Lipinski definition) is 1. The summed E-state index contributed by atoms with van der Waals surface area (Å²) in [6.45, 7) is 1.66. The van der Waals surface area contributed by atoms with Crippen LogP contribution in [0.4, 0.5) is 18.9 Å². The van der Waals surface area contributed by atoms with Gasteiger partial charge in [-0.3, -0.25) is 0 Å². The lowest BCUT2D eigenvalue weighted by atomic mass is 10.1. The molecule has 1 atom stereocenters. The summed E-state index contributed by atoms with van der Waals surface area (Å²) in [7, 11) is 1.57. The van der Waals surface area contributed by atoms with Crippen LogP contribution in [0.25, 0.3) is 11.4 Å². The SMILES string of the molecule is C[C@H](Oc1ncc(N)cc1Cl)c1nnc(-c2ccccc2C(F)(F)F)n1C. The Balaban J connectivity index is 1.94. The first-order chi connectivity index (χ1) is 12.7. The van der Waals surface area contributed by atoms with Crippen LogP contribution in [-0.2, 0) is 13.2 Å². The monoisotopic (exact) mass is 397 g/mol. The molecule has 1 aromatic carbocycles. The van der Waals surface area contributed by atoms with E-state index in [-0.39, 0.29) is 22.3 Å². The molecule has 10 heteroatoms. The number of benzene rings is 1. The van der Waals surface area contributed by atoms with Crippen molar-refractivity contribution in [3.8, 4) is 17.3 Å². The molecular weight excluding hydrogens is 383 g/mol. The van der Waals surface area contributed by atoms with Gasteiger partial charge in [-0.25, -0.2) is 4.98 Å². The van der Waals surface area contributed by atoms with Crippen molar-refractivity contribution in [3.63, 3.8) is 0 Å². The van der Waals surface area contributed by atoms with Gasteiger partial charge in [-0.05, 0) is 19.1 Å². The van der Waals surface area contributed by atoms with Crippen LogP contribution in [-0.4, -0.2) is 19.7 Å². The summed E-state index contributed by atoms with van der Waals surface area (Å²) in [4.78, 5) is 4.00. The molecule has 3 aromatic rings. The maximum atomic E-state index is 13.3. The Morgan fingerprint density at radius 3 is 2.59 bits per heavy atom. The number of ether oxygens (including phenoxy) is 1. The Morgan fingerprint density at radius 1 is 1.22 bits per heavy atom. The Labute approximate surface area is 157 Å². The lowest BCUT2D eigenvalue weighted by Gasteiger charge is -2.15. The van der Waals surface area contributed by atoms with Crippen LogP contribution in [0, 0.1) is 0 Å². The predicted octanol–water partition coefficient (Wildman–Crippen LogP) is 4.27. The quantitative estimate of drug-likeness (QED) is 0.711. The number of nitrogens with two attached hydrogens (primary N) is 1. The fraction of sp³-hybridized carbons (Fsp3) is 0.235. The van der Waals surface area contributed by atoms with E-state index in [1.54, 1.807) is 14.0 Å². The van der Waals surface area contributed by atoms with Gasteiger partial charge in [-0.1, -0.05) is 29.8 Å². The second-order valence-electron chi connectivity index (χ2n) is 5.80. The molecule has 2 N–H and O–H groups in total. The molecule has 0 radical (unpaired) electrons. The van der Waals surface area contributed by atoms with Crippen LogP contribution in [0.1, 0.15) is 24.4 Å². The molecule has 0 spiro atoms. The minimum Gasteiger partial charge on any atom is -0.465 e. The van der Waals surface area contributed by atoms with E-state index in [2.05, 4.69) is 15.2 Å².